The Hall–Kier alpha value is -1.79. The summed E-state index contributed by atoms with van der Waals surface area (Å²) in [7, 11) is 0. The van der Waals surface area contributed by atoms with Crippen molar-refractivity contribution in [2.24, 2.45) is 0 Å². The Morgan fingerprint density at radius 1 is 1.23 bits per heavy atom. The number of rotatable bonds is 4. The predicted octanol–water partition coefficient (Wildman–Crippen LogP) is 5.34. The van der Waals surface area contributed by atoms with Gasteiger partial charge in [0, 0.05) is 18.7 Å². The Kier molecular flexibility index (Phi) is 5.31. The quantitative estimate of drug-likeness (QED) is 0.766. The summed E-state index contributed by atoms with van der Waals surface area (Å²) in [5.41, 5.74) is 1.34. The second kappa shape index (κ2) is 7.84. The van der Waals surface area contributed by atoms with Crippen LogP contribution in [0, 0.1) is 5.82 Å². The van der Waals surface area contributed by atoms with Gasteiger partial charge < -0.3 is 10.2 Å². The Morgan fingerprint density at radius 2 is 2.04 bits per heavy atom. The highest BCUT2D eigenvalue weighted by Gasteiger charge is 2.25. The van der Waals surface area contributed by atoms with Gasteiger partial charge in [-0.15, -0.1) is 11.8 Å². The number of aromatic nitrogens is 1. The van der Waals surface area contributed by atoms with E-state index >= 15 is 0 Å². The zero-order valence-electron chi connectivity index (χ0n) is 14.7. The molecule has 1 unspecified atom stereocenters. The van der Waals surface area contributed by atoms with Gasteiger partial charge in [0.1, 0.15) is 5.82 Å². The van der Waals surface area contributed by atoms with Crippen LogP contribution < -0.4 is 10.2 Å². The van der Waals surface area contributed by atoms with Gasteiger partial charge in [0.15, 0.2) is 5.13 Å². The minimum absolute atomic E-state index is 0.0214. The Morgan fingerprint density at radius 3 is 2.81 bits per heavy atom. The maximum Gasteiger partial charge on any atom is 0.186 e. The van der Waals surface area contributed by atoms with E-state index < -0.39 is 0 Å². The molecule has 26 heavy (non-hydrogen) atoms. The van der Waals surface area contributed by atoms with E-state index in [4.69, 9.17) is 4.98 Å². The van der Waals surface area contributed by atoms with Crippen LogP contribution >= 0.6 is 23.1 Å². The van der Waals surface area contributed by atoms with Gasteiger partial charge in [-0.2, -0.15) is 0 Å². The molecule has 0 aliphatic carbocycles. The highest BCUT2D eigenvalue weighted by Crippen LogP contribution is 2.40. The van der Waals surface area contributed by atoms with E-state index in [0.717, 1.165) is 33.8 Å². The van der Waals surface area contributed by atoms with E-state index in [1.54, 1.807) is 29.2 Å². The van der Waals surface area contributed by atoms with Crippen LogP contribution in [0.4, 0.5) is 9.52 Å². The number of anilines is 1. The van der Waals surface area contributed by atoms with E-state index in [-0.39, 0.29) is 11.9 Å². The molecular formula is C20H22FN3S2. The van der Waals surface area contributed by atoms with Crippen molar-refractivity contribution < 1.29 is 4.39 Å². The number of thiazole rings is 1. The second-order valence-corrected chi connectivity index (χ2v) is 8.34. The van der Waals surface area contributed by atoms with E-state index in [2.05, 4.69) is 34.7 Å². The molecule has 0 spiro atoms. The first kappa shape index (κ1) is 17.6. The molecular weight excluding hydrogens is 365 g/mol. The number of hydrogen-bond donors (Lipinski definition) is 1. The van der Waals surface area contributed by atoms with Crippen LogP contribution in [-0.2, 0) is 0 Å². The minimum Gasteiger partial charge on any atom is -0.369 e. The summed E-state index contributed by atoms with van der Waals surface area (Å²) in [5.74, 6) is -0.218. The van der Waals surface area contributed by atoms with Crippen molar-refractivity contribution in [2.75, 3.05) is 24.2 Å². The molecule has 0 radical (unpaired) electrons. The third-order valence-electron chi connectivity index (χ3n) is 4.75. The fraction of sp³-hybridized carbons (Fsp3) is 0.350. The molecule has 1 saturated heterocycles. The van der Waals surface area contributed by atoms with Crippen molar-refractivity contribution >= 4 is 28.2 Å². The van der Waals surface area contributed by atoms with Crippen molar-refractivity contribution in [1.82, 2.24) is 10.3 Å². The second-order valence-electron chi connectivity index (χ2n) is 6.48. The lowest BCUT2D eigenvalue weighted by molar-refractivity contribution is 0.577. The van der Waals surface area contributed by atoms with Crippen molar-refractivity contribution in [3.8, 4) is 11.3 Å². The maximum atomic E-state index is 14.5. The van der Waals surface area contributed by atoms with Crippen LogP contribution in [0.25, 0.3) is 11.3 Å². The summed E-state index contributed by atoms with van der Waals surface area (Å²) >= 11 is 3.37. The van der Waals surface area contributed by atoms with Crippen molar-refractivity contribution in [2.45, 2.75) is 25.3 Å². The number of benzene rings is 1. The Balaban J connectivity index is 1.76. The summed E-state index contributed by atoms with van der Waals surface area (Å²) in [6.07, 6.45) is 12.0. The summed E-state index contributed by atoms with van der Waals surface area (Å²) in [6, 6.07) is 6.96. The van der Waals surface area contributed by atoms with Gasteiger partial charge in [0.2, 0.25) is 0 Å². The van der Waals surface area contributed by atoms with Crippen molar-refractivity contribution in [3.05, 3.63) is 58.2 Å². The first-order valence-electron chi connectivity index (χ1n) is 8.96. The van der Waals surface area contributed by atoms with Gasteiger partial charge in [-0.25, -0.2) is 9.37 Å². The Bertz CT molecular complexity index is 837. The molecule has 3 heterocycles. The monoisotopic (exact) mass is 387 g/mol. The molecule has 4 rings (SSSR count). The molecule has 136 valence electrons. The standard InChI is InChI=1S/C20H22FN3S2/c1-25-17-11-7-10-16(22-17)19-18(14-8-3-4-9-15(14)21)23-20(26-19)24-12-5-2-6-13-24/h3-4,7-11,16,22H,2,5-6,12-13H2,1H3. The van der Waals surface area contributed by atoms with Crippen LogP contribution in [-0.4, -0.2) is 24.3 Å². The summed E-state index contributed by atoms with van der Waals surface area (Å²) < 4.78 is 14.5. The molecule has 0 amide bonds. The average Bonchev–Trinajstić information content (AvgIpc) is 3.14. The first-order chi connectivity index (χ1) is 12.8. The predicted molar refractivity (Wildman–Crippen MR) is 110 cm³/mol. The van der Waals surface area contributed by atoms with Gasteiger partial charge in [-0.1, -0.05) is 35.6 Å². The Labute approximate surface area is 162 Å². The lowest BCUT2D eigenvalue weighted by Gasteiger charge is -2.26. The fourth-order valence-corrected chi connectivity index (χ4v) is 5.00. The topological polar surface area (TPSA) is 28.2 Å². The van der Waals surface area contributed by atoms with Gasteiger partial charge in [-0.3, -0.25) is 0 Å². The molecule has 1 fully saturated rings. The number of nitrogens with zero attached hydrogens (tertiary/aromatic N) is 2. The third-order valence-corrected chi connectivity index (χ3v) is 6.64. The zero-order valence-corrected chi connectivity index (χ0v) is 16.4. The number of allylic oxidation sites excluding steroid dienone is 2. The molecule has 3 nitrogen and oxygen atoms in total. The van der Waals surface area contributed by atoms with E-state index in [9.17, 15) is 4.39 Å². The summed E-state index contributed by atoms with van der Waals surface area (Å²) in [4.78, 5) is 8.32. The molecule has 2 aromatic rings. The number of hydrogen-bond acceptors (Lipinski definition) is 5. The van der Waals surface area contributed by atoms with Gasteiger partial charge in [0.25, 0.3) is 0 Å². The number of nitrogens with one attached hydrogen (secondary N) is 1. The molecule has 0 bridgehead atoms. The van der Waals surface area contributed by atoms with Crippen LogP contribution in [0.3, 0.4) is 0 Å². The molecule has 1 atom stereocenters. The van der Waals surface area contributed by atoms with Crippen LogP contribution in [0.15, 0.2) is 47.5 Å². The van der Waals surface area contributed by atoms with Crippen LogP contribution in [0.5, 0.6) is 0 Å². The van der Waals surface area contributed by atoms with E-state index in [1.807, 2.05) is 12.1 Å². The van der Waals surface area contributed by atoms with Crippen LogP contribution in [0.2, 0.25) is 0 Å². The SMILES string of the molecule is CSC1=CC=CC(c2sc(N3CCCCC3)nc2-c2ccccc2F)N1. The minimum atomic E-state index is -0.218. The highest BCUT2D eigenvalue weighted by molar-refractivity contribution is 8.02. The lowest BCUT2D eigenvalue weighted by atomic mass is 10.1. The third kappa shape index (κ3) is 3.53. The van der Waals surface area contributed by atoms with Gasteiger partial charge >= 0.3 is 0 Å². The van der Waals surface area contributed by atoms with E-state index in [1.165, 1.54) is 25.3 Å². The number of halogens is 1. The van der Waals surface area contributed by atoms with Gasteiger partial charge in [-0.05, 0) is 43.7 Å². The molecule has 1 aromatic heterocycles. The highest BCUT2D eigenvalue weighted by atomic mass is 32.2. The van der Waals surface area contributed by atoms with E-state index in [0.29, 0.717) is 5.56 Å². The number of thioether (sulfide) groups is 1. The summed E-state index contributed by atoms with van der Waals surface area (Å²) in [5, 5.41) is 5.66. The maximum absolute atomic E-state index is 14.5. The summed E-state index contributed by atoms with van der Waals surface area (Å²) in [6.45, 7) is 2.07. The largest absolute Gasteiger partial charge is 0.369 e. The van der Waals surface area contributed by atoms with Crippen molar-refractivity contribution in [3.63, 3.8) is 0 Å². The molecule has 2 aliphatic heterocycles. The zero-order chi connectivity index (χ0) is 17.9. The smallest absolute Gasteiger partial charge is 0.186 e. The van der Waals surface area contributed by atoms with Gasteiger partial charge in [0.05, 0.1) is 21.6 Å². The fourth-order valence-electron chi connectivity index (χ4n) is 3.38. The van der Waals surface area contributed by atoms with Crippen LogP contribution in [0.1, 0.15) is 30.2 Å². The average molecular weight is 388 g/mol. The normalized spacial score (nSPS) is 20.0. The number of dihydropyridines is 1. The molecule has 1 N–H and O–H groups in total. The molecule has 0 saturated carbocycles. The number of piperidine rings is 1. The lowest BCUT2D eigenvalue weighted by Crippen LogP contribution is -2.29. The molecule has 6 heteroatoms. The molecule has 2 aliphatic rings. The van der Waals surface area contributed by atoms with Crippen molar-refractivity contribution in [1.29, 1.82) is 0 Å². The molecule has 1 aromatic carbocycles. The first-order valence-corrected chi connectivity index (χ1v) is 11.0.